The fourth-order valence-corrected chi connectivity index (χ4v) is 1.71. The van der Waals surface area contributed by atoms with Crippen LogP contribution in [0.3, 0.4) is 0 Å². The van der Waals surface area contributed by atoms with Crippen LogP contribution in [0.25, 0.3) is 0 Å². The Morgan fingerprint density at radius 1 is 1.29 bits per heavy atom. The lowest BCUT2D eigenvalue weighted by atomic mass is 10.0. The van der Waals surface area contributed by atoms with E-state index in [0.717, 1.165) is 5.56 Å². The van der Waals surface area contributed by atoms with Crippen molar-refractivity contribution in [3.8, 4) is 0 Å². The first kappa shape index (κ1) is 16.8. The summed E-state index contributed by atoms with van der Waals surface area (Å²) in [4.78, 5) is 23.7. The number of benzene rings is 1. The van der Waals surface area contributed by atoms with Gasteiger partial charge in [-0.1, -0.05) is 50.3 Å². The van der Waals surface area contributed by atoms with E-state index in [4.69, 9.17) is 4.74 Å². The SMILES string of the molecule is C=CCNC(=O)[C@@H](NC(=O)OCc1ccccc1)C(C)C. The number of hydrogen-bond acceptors (Lipinski definition) is 3. The molecule has 0 saturated heterocycles. The van der Waals surface area contributed by atoms with E-state index in [0.29, 0.717) is 6.54 Å². The predicted octanol–water partition coefficient (Wildman–Crippen LogP) is 2.24. The molecule has 1 aromatic carbocycles. The van der Waals surface area contributed by atoms with Crippen molar-refractivity contribution in [1.82, 2.24) is 10.6 Å². The van der Waals surface area contributed by atoms with Crippen molar-refractivity contribution in [3.05, 3.63) is 48.6 Å². The lowest BCUT2D eigenvalue weighted by Crippen LogP contribution is -2.49. The summed E-state index contributed by atoms with van der Waals surface area (Å²) < 4.78 is 5.11. The molecule has 0 aliphatic rings. The molecule has 0 unspecified atom stereocenters. The molecule has 2 N–H and O–H groups in total. The quantitative estimate of drug-likeness (QED) is 0.757. The van der Waals surface area contributed by atoms with Crippen LogP contribution in [0.1, 0.15) is 19.4 Å². The highest BCUT2D eigenvalue weighted by molar-refractivity contribution is 5.85. The first-order valence-electron chi connectivity index (χ1n) is 6.90. The van der Waals surface area contributed by atoms with Crippen molar-refractivity contribution < 1.29 is 14.3 Å². The summed E-state index contributed by atoms with van der Waals surface area (Å²) in [7, 11) is 0. The van der Waals surface area contributed by atoms with Crippen molar-refractivity contribution in [2.24, 2.45) is 5.92 Å². The van der Waals surface area contributed by atoms with E-state index < -0.39 is 12.1 Å². The van der Waals surface area contributed by atoms with E-state index in [-0.39, 0.29) is 18.4 Å². The molecule has 5 nitrogen and oxygen atoms in total. The monoisotopic (exact) mass is 290 g/mol. The Balaban J connectivity index is 2.48. The molecule has 1 aromatic rings. The van der Waals surface area contributed by atoms with Gasteiger partial charge in [-0.25, -0.2) is 4.79 Å². The van der Waals surface area contributed by atoms with Crippen LogP contribution in [-0.4, -0.2) is 24.6 Å². The summed E-state index contributed by atoms with van der Waals surface area (Å²) >= 11 is 0. The van der Waals surface area contributed by atoms with E-state index >= 15 is 0 Å². The summed E-state index contributed by atoms with van der Waals surface area (Å²) in [5, 5.41) is 5.25. The van der Waals surface area contributed by atoms with E-state index in [1.54, 1.807) is 6.08 Å². The molecule has 114 valence electrons. The zero-order valence-electron chi connectivity index (χ0n) is 12.5. The molecular formula is C16H22N2O3. The molecule has 21 heavy (non-hydrogen) atoms. The molecule has 0 saturated carbocycles. The smallest absolute Gasteiger partial charge is 0.408 e. The van der Waals surface area contributed by atoms with Gasteiger partial charge in [0.1, 0.15) is 12.6 Å². The molecule has 1 atom stereocenters. The molecule has 2 amide bonds. The van der Waals surface area contributed by atoms with Gasteiger partial charge in [0.05, 0.1) is 0 Å². The van der Waals surface area contributed by atoms with Gasteiger partial charge in [0.2, 0.25) is 5.91 Å². The van der Waals surface area contributed by atoms with Crippen molar-refractivity contribution >= 4 is 12.0 Å². The van der Waals surface area contributed by atoms with Crippen LogP contribution in [0.15, 0.2) is 43.0 Å². The Bertz CT molecular complexity index is 472. The van der Waals surface area contributed by atoms with Crippen LogP contribution in [0.4, 0.5) is 4.79 Å². The summed E-state index contributed by atoms with van der Waals surface area (Å²) in [6.07, 6.45) is 0.981. The number of carbonyl (C=O) groups excluding carboxylic acids is 2. The van der Waals surface area contributed by atoms with Gasteiger partial charge < -0.3 is 15.4 Å². The largest absolute Gasteiger partial charge is 0.445 e. The standard InChI is InChI=1S/C16H22N2O3/c1-4-10-17-15(19)14(12(2)3)18-16(20)21-11-13-8-6-5-7-9-13/h4-9,12,14H,1,10-11H2,2-3H3,(H,17,19)(H,18,20)/t14-/m0/s1. The van der Waals surface area contributed by atoms with Crippen LogP contribution < -0.4 is 10.6 Å². The predicted molar refractivity (Wildman–Crippen MR) is 81.6 cm³/mol. The Kier molecular flexibility index (Phi) is 7.01. The fraction of sp³-hybridized carbons (Fsp3) is 0.375. The molecule has 0 spiro atoms. The average molecular weight is 290 g/mol. The zero-order valence-corrected chi connectivity index (χ0v) is 12.5. The van der Waals surface area contributed by atoms with E-state index in [9.17, 15) is 9.59 Å². The third kappa shape index (κ3) is 6.12. The van der Waals surface area contributed by atoms with Gasteiger partial charge in [-0.05, 0) is 11.5 Å². The van der Waals surface area contributed by atoms with Crippen LogP contribution in [0, 0.1) is 5.92 Å². The minimum atomic E-state index is -0.631. The van der Waals surface area contributed by atoms with Gasteiger partial charge in [0.15, 0.2) is 0 Å². The number of amides is 2. The molecule has 0 aliphatic carbocycles. The number of ether oxygens (including phenoxy) is 1. The number of rotatable bonds is 7. The highest BCUT2D eigenvalue weighted by Gasteiger charge is 2.24. The molecular weight excluding hydrogens is 268 g/mol. The maximum atomic E-state index is 11.9. The summed E-state index contributed by atoms with van der Waals surface area (Å²) in [5.74, 6) is -0.291. The van der Waals surface area contributed by atoms with Crippen LogP contribution >= 0.6 is 0 Å². The van der Waals surface area contributed by atoms with Crippen molar-refractivity contribution in [2.45, 2.75) is 26.5 Å². The average Bonchev–Trinajstić information content (AvgIpc) is 2.49. The minimum absolute atomic E-state index is 0.0425. The second-order valence-electron chi connectivity index (χ2n) is 4.96. The second kappa shape index (κ2) is 8.79. The molecule has 0 aromatic heterocycles. The van der Waals surface area contributed by atoms with Gasteiger partial charge in [-0.15, -0.1) is 6.58 Å². The van der Waals surface area contributed by atoms with Crippen LogP contribution in [0.2, 0.25) is 0 Å². The van der Waals surface area contributed by atoms with Crippen molar-refractivity contribution in [1.29, 1.82) is 0 Å². The zero-order chi connectivity index (χ0) is 15.7. The topological polar surface area (TPSA) is 67.4 Å². The summed E-state index contributed by atoms with van der Waals surface area (Å²) in [5.41, 5.74) is 0.893. The molecule has 0 radical (unpaired) electrons. The lowest BCUT2D eigenvalue weighted by molar-refractivity contribution is -0.123. The van der Waals surface area contributed by atoms with Crippen molar-refractivity contribution in [2.75, 3.05) is 6.54 Å². The molecule has 5 heteroatoms. The number of nitrogens with one attached hydrogen (secondary N) is 2. The van der Waals surface area contributed by atoms with E-state index in [1.807, 2.05) is 44.2 Å². The Hall–Kier alpha value is -2.30. The maximum absolute atomic E-state index is 11.9. The summed E-state index contributed by atoms with van der Waals surface area (Å²) in [6.45, 7) is 7.78. The van der Waals surface area contributed by atoms with Crippen LogP contribution in [-0.2, 0) is 16.1 Å². The van der Waals surface area contributed by atoms with Gasteiger partial charge in [-0.2, -0.15) is 0 Å². The highest BCUT2D eigenvalue weighted by Crippen LogP contribution is 2.04. The molecule has 0 aliphatic heterocycles. The first-order valence-corrected chi connectivity index (χ1v) is 6.90. The van der Waals surface area contributed by atoms with Gasteiger partial charge in [0.25, 0.3) is 0 Å². The normalized spacial score (nSPS) is 11.6. The van der Waals surface area contributed by atoms with Gasteiger partial charge in [0, 0.05) is 6.54 Å². The van der Waals surface area contributed by atoms with E-state index in [2.05, 4.69) is 17.2 Å². The summed E-state index contributed by atoms with van der Waals surface area (Å²) in [6, 6.07) is 8.73. The number of carbonyl (C=O) groups is 2. The lowest BCUT2D eigenvalue weighted by Gasteiger charge is -2.21. The molecule has 0 heterocycles. The number of alkyl carbamates (subject to hydrolysis) is 1. The Morgan fingerprint density at radius 3 is 2.52 bits per heavy atom. The van der Waals surface area contributed by atoms with Gasteiger partial charge in [-0.3, -0.25) is 4.79 Å². The fourth-order valence-electron chi connectivity index (χ4n) is 1.71. The second-order valence-corrected chi connectivity index (χ2v) is 4.96. The van der Waals surface area contributed by atoms with Crippen molar-refractivity contribution in [3.63, 3.8) is 0 Å². The molecule has 0 bridgehead atoms. The third-order valence-corrected chi connectivity index (χ3v) is 2.86. The van der Waals surface area contributed by atoms with Crippen LogP contribution in [0.5, 0.6) is 0 Å². The minimum Gasteiger partial charge on any atom is -0.445 e. The first-order chi connectivity index (χ1) is 10.0. The highest BCUT2D eigenvalue weighted by atomic mass is 16.5. The van der Waals surface area contributed by atoms with E-state index in [1.165, 1.54) is 0 Å². The Morgan fingerprint density at radius 2 is 1.95 bits per heavy atom. The third-order valence-electron chi connectivity index (χ3n) is 2.86. The molecule has 0 fully saturated rings. The molecule has 1 rings (SSSR count). The Labute approximate surface area is 125 Å². The number of hydrogen-bond donors (Lipinski definition) is 2. The maximum Gasteiger partial charge on any atom is 0.408 e. The van der Waals surface area contributed by atoms with Gasteiger partial charge >= 0.3 is 6.09 Å².